The Hall–Kier alpha value is -2.39. The maximum absolute atomic E-state index is 12.4. The van der Waals surface area contributed by atoms with Gasteiger partial charge in [-0.2, -0.15) is 0 Å². The average Bonchev–Trinajstić information content (AvgIpc) is 2.81. The molecule has 3 rings (SSSR count). The van der Waals surface area contributed by atoms with Gasteiger partial charge in [-0.25, -0.2) is 14.6 Å². The number of fused-ring (bicyclic) bond motifs is 1. The average molecular weight is 504 g/mol. The van der Waals surface area contributed by atoms with Crippen molar-refractivity contribution in [2.24, 2.45) is 0 Å². The second kappa shape index (κ2) is 13.2. The van der Waals surface area contributed by atoms with Crippen LogP contribution in [0.3, 0.4) is 0 Å². The van der Waals surface area contributed by atoms with Crippen molar-refractivity contribution in [1.29, 1.82) is 0 Å². The van der Waals surface area contributed by atoms with Crippen LogP contribution in [0.15, 0.2) is 12.1 Å². The summed E-state index contributed by atoms with van der Waals surface area (Å²) in [5.41, 5.74) is 2.20. The van der Waals surface area contributed by atoms with Crippen molar-refractivity contribution >= 4 is 17.8 Å². The molecule has 1 aromatic heterocycles. The minimum absolute atomic E-state index is 0.172. The lowest BCUT2D eigenvalue weighted by Gasteiger charge is -2.39. The second-order valence-electron chi connectivity index (χ2n) is 11.1. The van der Waals surface area contributed by atoms with E-state index in [2.05, 4.69) is 27.7 Å². The smallest absolute Gasteiger partial charge is 0.326 e. The zero-order valence-corrected chi connectivity index (χ0v) is 22.5. The molecule has 0 radical (unpaired) electrons. The third kappa shape index (κ3) is 8.92. The van der Waals surface area contributed by atoms with Crippen molar-refractivity contribution in [3.05, 3.63) is 23.4 Å². The number of nitrogens with zero attached hydrogens (tertiary/aromatic N) is 3. The summed E-state index contributed by atoms with van der Waals surface area (Å²) in [5.74, 6) is 0.0450. The molecule has 1 aromatic rings. The van der Waals surface area contributed by atoms with E-state index in [0.717, 1.165) is 69.7 Å². The summed E-state index contributed by atoms with van der Waals surface area (Å²) < 4.78 is 5.92. The number of rotatable bonds is 13. The van der Waals surface area contributed by atoms with Gasteiger partial charge in [0.15, 0.2) is 0 Å². The van der Waals surface area contributed by atoms with E-state index in [4.69, 9.17) is 9.72 Å². The lowest BCUT2D eigenvalue weighted by molar-refractivity contribution is -0.139. The van der Waals surface area contributed by atoms with Gasteiger partial charge >= 0.3 is 12.0 Å². The van der Waals surface area contributed by atoms with Crippen LogP contribution >= 0.6 is 0 Å². The van der Waals surface area contributed by atoms with Crippen molar-refractivity contribution in [3.8, 4) is 0 Å². The zero-order chi connectivity index (χ0) is 26.1. The third-order valence-corrected chi connectivity index (χ3v) is 6.96. The maximum atomic E-state index is 12.4. The number of carbonyl (C=O) groups excluding carboxylic acids is 1. The fourth-order valence-electron chi connectivity index (χ4n) is 4.59. The molecule has 9 nitrogen and oxygen atoms in total. The van der Waals surface area contributed by atoms with Crippen molar-refractivity contribution in [2.45, 2.75) is 90.3 Å². The Bertz CT molecular complexity index is 872. The largest absolute Gasteiger partial charge is 0.480 e. The molecule has 202 valence electrons. The SMILES string of the molecule is C[C@@H]1CCN1C(=O)N[C@@H](CCN(CCCCc1ccc2c(n1)NCCC2)CCOC(C)(C)C)C(=O)O. The summed E-state index contributed by atoms with van der Waals surface area (Å²) >= 11 is 0. The van der Waals surface area contributed by atoms with Crippen LogP contribution in [0.5, 0.6) is 0 Å². The number of nitrogens with one attached hydrogen (secondary N) is 2. The van der Waals surface area contributed by atoms with Crippen LogP contribution in [0.2, 0.25) is 0 Å². The van der Waals surface area contributed by atoms with E-state index in [1.54, 1.807) is 4.90 Å². The lowest BCUT2D eigenvalue weighted by atomic mass is 10.1. The normalized spacial score (nSPS) is 18.2. The number of anilines is 1. The Morgan fingerprint density at radius 2 is 2.08 bits per heavy atom. The number of carboxylic acid groups (broad SMARTS) is 1. The van der Waals surface area contributed by atoms with Crippen LogP contribution in [-0.4, -0.2) is 88.9 Å². The summed E-state index contributed by atoms with van der Waals surface area (Å²) in [6.07, 6.45) is 6.48. The van der Waals surface area contributed by atoms with Gasteiger partial charge in [0.1, 0.15) is 11.9 Å². The van der Waals surface area contributed by atoms with Crippen LogP contribution in [0.4, 0.5) is 10.6 Å². The summed E-state index contributed by atoms with van der Waals surface area (Å²) in [4.78, 5) is 33.0. The molecule has 3 N–H and O–H groups in total. The van der Waals surface area contributed by atoms with Gasteiger partial charge in [0, 0.05) is 37.9 Å². The molecular formula is C27H45N5O4. The van der Waals surface area contributed by atoms with Crippen molar-refractivity contribution in [3.63, 3.8) is 0 Å². The number of carbonyl (C=O) groups is 2. The number of amides is 2. The van der Waals surface area contributed by atoms with E-state index in [1.807, 2.05) is 27.7 Å². The number of hydrogen-bond acceptors (Lipinski definition) is 6. The fraction of sp³-hybridized carbons (Fsp3) is 0.741. The van der Waals surface area contributed by atoms with Gasteiger partial charge in [0.2, 0.25) is 0 Å². The number of likely N-dealkylation sites (tertiary alicyclic amines) is 1. The molecule has 2 aliphatic rings. The molecule has 0 bridgehead atoms. The highest BCUT2D eigenvalue weighted by atomic mass is 16.5. The molecule has 2 amide bonds. The van der Waals surface area contributed by atoms with Crippen LogP contribution in [0, 0.1) is 0 Å². The number of hydrogen-bond donors (Lipinski definition) is 3. The first-order chi connectivity index (χ1) is 17.1. The number of urea groups is 1. The second-order valence-corrected chi connectivity index (χ2v) is 11.1. The standard InChI is InChI=1S/C27H45N5O4/c1-20-12-17-32(20)26(35)30-23(25(33)34)13-16-31(18-19-36-27(2,3)4)15-6-5-9-22-11-10-21-8-7-14-28-24(21)29-22/h10-11,20,23H,5-9,12-19H2,1-4H3,(H,28,29)(H,30,35)(H,33,34)/t20-,23+/m1/s1. The number of unbranched alkanes of at least 4 members (excludes halogenated alkanes) is 1. The predicted molar refractivity (Wildman–Crippen MR) is 141 cm³/mol. The van der Waals surface area contributed by atoms with Gasteiger partial charge < -0.3 is 30.3 Å². The summed E-state index contributed by atoms with van der Waals surface area (Å²) in [6, 6.07) is 3.33. The molecule has 0 aromatic carbocycles. The first kappa shape index (κ1) is 28.2. The number of ether oxygens (including phenoxy) is 1. The van der Waals surface area contributed by atoms with Gasteiger partial charge in [-0.15, -0.1) is 0 Å². The first-order valence-electron chi connectivity index (χ1n) is 13.5. The highest BCUT2D eigenvalue weighted by molar-refractivity contribution is 5.83. The van der Waals surface area contributed by atoms with E-state index < -0.39 is 12.0 Å². The van der Waals surface area contributed by atoms with Crippen molar-refractivity contribution < 1.29 is 19.4 Å². The molecule has 0 unspecified atom stereocenters. The van der Waals surface area contributed by atoms with E-state index in [9.17, 15) is 14.7 Å². The molecule has 1 saturated heterocycles. The molecule has 2 aliphatic heterocycles. The number of aryl methyl sites for hydroxylation is 2. The Morgan fingerprint density at radius 3 is 2.75 bits per heavy atom. The Morgan fingerprint density at radius 1 is 1.28 bits per heavy atom. The van der Waals surface area contributed by atoms with Gasteiger partial charge in [-0.1, -0.05) is 6.07 Å². The minimum atomic E-state index is -0.991. The molecule has 9 heteroatoms. The van der Waals surface area contributed by atoms with Gasteiger partial charge in [0.05, 0.1) is 12.2 Å². The van der Waals surface area contributed by atoms with Gasteiger partial charge in [-0.05, 0) is 90.8 Å². The van der Waals surface area contributed by atoms with E-state index in [1.165, 1.54) is 5.56 Å². The number of aliphatic carboxylic acids is 1. The highest BCUT2D eigenvalue weighted by Crippen LogP contribution is 2.20. The summed E-state index contributed by atoms with van der Waals surface area (Å²) in [6.45, 7) is 12.5. The molecular weight excluding hydrogens is 458 g/mol. The van der Waals surface area contributed by atoms with Gasteiger partial charge in [-0.3, -0.25) is 0 Å². The predicted octanol–water partition coefficient (Wildman–Crippen LogP) is 3.53. The molecule has 0 saturated carbocycles. The molecule has 0 spiro atoms. The van der Waals surface area contributed by atoms with E-state index >= 15 is 0 Å². The Labute approximate surface area is 216 Å². The Balaban J connectivity index is 1.48. The molecule has 2 atom stereocenters. The molecule has 1 fully saturated rings. The maximum Gasteiger partial charge on any atom is 0.326 e. The molecule has 0 aliphatic carbocycles. The fourth-order valence-corrected chi connectivity index (χ4v) is 4.59. The minimum Gasteiger partial charge on any atom is -0.480 e. The van der Waals surface area contributed by atoms with Gasteiger partial charge in [0.25, 0.3) is 0 Å². The summed E-state index contributed by atoms with van der Waals surface area (Å²) in [7, 11) is 0. The van der Waals surface area contributed by atoms with Crippen LogP contribution in [-0.2, 0) is 22.4 Å². The quantitative estimate of drug-likeness (QED) is 0.354. The van der Waals surface area contributed by atoms with E-state index in [0.29, 0.717) is 26.1 Å². The monoisotopic (exact) mass is 503 g/mol. The van der Waals surface area contributed by atoms with Crippen molar-refractivity contribution in [2.75, 3.05) is 44.6 Å². The topological polar surface area (TPSA) is 107 Å². The first-order valence-corrected chi connectivity index (χ1v) is 13.5. The zero-order valence-electron chi connectivity index (χ0n) is 22.5. The van der Waals surface area contributed by atoms with Crippen LogP contribution in [0.25, 0.3) is 0 Å². The van der Waals surface area contributed by atoms with E-state index in [-0.39, 0.29) is 17.7 Å². The molecule has 36 heavy (non-hydrogen) atoms. The highest BCUT2D eigenvalue weighted by Gasteiger charge is 2.31. The number of pyridine rings is 1. The van der Waals surface area contributed by atoms with Crippen LogP contribution in [0.1, 0.15) is 71.1 Å². The summed E-state index contributed by atoms with van der Waals surface area (Å²) in [5, 5.41) is 15.8. The van der Waals surface area contributed by atoms with Crippen molar-refractivity contribution in [1.82, 2.24) is 20.1 Å². The molecule has 3 heterocycles. The number of carboxylic acids is 1. The third-order valence-electron chi connectivity index (χ3n) is 6.96. The Kier molecular flexibility index (Phi) is 10.4. The number of aromatic nitrogens is 1. The lowest BCUT2D eigenvalue weighted by Crippen LogP contribution is -2.57. The van der Waals surface area contributed by atoms with Crippen LogP contribution < -0.4 is 10.6 Å².